The maximum absolute atomic E-state index is 4.42. The summed E-state index contributed by atoms with van der Waals surface area (Å²) in [5, 5.41) is 3.28. The first-order chi connectivity index (χ1) is 7.50. The van der Waals surface area contributed by atoms with Crippen LogP contribution in [0.3, 0.4) is 0 Å². The van der Waals surface area contributed by atoms with Crippen LogP contribution >= 0.6 is 0 Å². The number of likely N-dealkylation sites (N-methyl/N-ethyl adjacent to an activating group) is 1. The van der Waals surface area contributed by atoms with Crippen molar-refractivity contribution in [3.05, 3.63) is 17.6 Å². The first-order valence-electron chi connectivity index (χ1n) is 5.75. The van der Waals surface area contributed by atoms with E-state index in [9.17, 15) is 0 Å². The Hall–Kier alpha value is -1.16. The molecule has 0 bridgehead atoms. The van der Waals surface area contributed by atoms with Gasteiger partial charge in [-0.3, -0.25) is 4.98 Å². The standard InChI is InChI=1S/C12H22N4/c1-9(2)16(5)7-6-13-12-8-14-10(3)11(4)15-12/h8-9H,6-7H2,1-5H3,(H,13,15). The lowest BCUT2D eigenvalue weighted by Gasteiger charge is -2.21. The summed E-state index contributed by atoms with van der Waals surface area (Å²) in [6.07, 6.45) is 1.79. The highest BCUT2D eigenvalue weighted by Crippen LogP contribution is 2.05. The molecule has 0 fully saturated rings. The minimum absolute atomic E-state index is 0.577. The van der Waals surface area contributed by atoms with E-state index in [0.29, 0.717) is 6.04 Å². The van der Waals surface area contributed by atoms with Gasteiger partial charge in [0.25, 0.3) is 0 Å². The molecule has 0 unspecified atom stereocenters. The van der Waals surface area contributed by atoms with Crippen LogP contribution in [0.4, 0.5) is 5.82 Å². The Morgan fingerprint density at radius 2 is 2.00 bits per heavy atom. The highest BCUT2D eigenvalue weighted by molar-refractivity contribution is 5.33. The normalized spacial score (nSPS) is 11.2. The van der Waals surface area contributed by atoms with Crippen molar-refractivity contribution in [3.8, 4) is 0 Å². The molecule has 1 N–H and O–H groups in total. The summed E-state index contributed by atoms with van der Waals surface area (Å²) < 4.78 is 0. The van der Waals surface area contributed by atoms with Gasteiger partial charge in [-0.15, -0.1) is 0 Å². The molecule has 0 radical (unpaired) electrons. The van der Waals surface area contributed by atoms with Crippen molar-refractivity contribution in [2.24, 2.45) is 0 Å². The molecule has 0 atom stereocenters. The monoisotopic (exact) mass is 222 g/mol. The molecule has 90 valence electrons. The quantitative estimate of drug-likeness (QED) is 0.825. The summed E-state index contributed by atoms with van der Waals surface area (Å²) in [5.41, 5.74) is 1.98. The third-order valence-corrected chi connectivity index (χ3v) is 2.84. The van der Waals surface area contributed by atoms with Crippen LogP contribution in [-0.2, 0) is 0 Å². The van der Waals surface area contributed by atoms with Crippen LogP contribution < -0.4 is 5.32 Å². The maximum Gasteiger partial charge on any atom is 0.144 e. The number of nitrogens with zero attached hydrogens (tertiary/aromatic N) is 3. The van der Waals surface area contributed by atoms with Crippen LogP contribution in [0.5, 0.6) is 0 Å². The Morgan fingerprint density at radius 1 is 1.31 bits per heavy atom. The van der Waals surface area contributed by atoms with Crippen molar-refractivity contribution in [3.63, 3.8) is 0 Å². The molecule has 1 rings (SSSR count). The zero-order valence-corrected chi connectivity index (χ0v) is 10.9. The topological polar surface area (TPSA) is 41.1 Å². The molecule has 0 saturated heterocycles. The third kappa shape index (κ3) is 3.77. The smallest absolute Gasteiger partial charge is 0.144 e. The lowest BCUT2D eigenvalue weighted by Crippen LogP contribution is -2.31. The fourth-order valence-electron chi connectivity index (χ4n) is 1.25. The van der Waals surface area contributed by atoms with E-state index in [0.717, 1.165) is 30.3 Å². The van der Waals surface area contributed by atoms with E-state index in [1.165, 1.54) is 0 Å². The zero-order valence-electron chi connectivity index (χ0n) is 10.9. The molecule has 0 aliphatic rings. The van der Waals surface area contributed by atoms with Crippen molar-refractivity contribution >= 4 is 5.82 Å². The summed E-state index contributed by atoms with van der Waals surface area (Å²) in [5.74, 6) is 0.861. The molecule has 0 saturated carbocycles. The van der Waals surface area contributed by atoms with Crippen LogP contribution in [-0.4, -0.2) is 41.0 Å². The SMILES string of the molecule is Cc1ncc(NCCN(C)C(C)C)nc1C. The van der Waals surface area contributed by atoms with Gasteiger partial charge >= 0.3 is 0 Å². The molecule has 1 aromatic heterocycles. The number of hydrogen-bond donors (Lipinski definition) is 1. The molecule has 4 heteroatoms. The molecule has 1 aromatic rings. The number of aryl methyl sites for hydroxylation is 2. The predicted molar refractivity (Wildman–Crippen MR) is 67.8 cm³/mol. The van der Waals surface area contributed by atoms with Crippen LogP contribution in [0.1, 0.15) is 25.2 Å². The highest BCUT2D eigenvalue weighted by atomic mass is 15.1. The third-order valence-electron chi connectivity index (χ3n) is 2.84. The van der Waals surface area contributed by atoms with Crippen LogP contribution in [0.2, 0.25) is 0 Å². The molecule has 0 spiro atoms. The van der Waals surface area contributed by atoms with E-state index in [1.54, 1.807) is 6.20 Å². The van der Waals surface area contributed by atoms with Crippen LogP contribution in [0.25, 0.3) is 0 Å². The summed E-state index contributed by atoms with van der Waals surface area (Å²) in [6, 6.07) is 0.577. The Kier molecular flexibility index (Phi) is 4.68. The molecule has 0 aliphatic carbocycles. The number of nitrogens with one attached hydrogen (secondary N) is 1. The Labute approximate surface area is 98.1 Å². The first kappa shape index (κ1) is 12.9. The van der Waals surface area contributed by atoms with Crippen molar-refractivity contribution in [2.45, 2.75) is 33.7 Å². The van der Waals surface area contributed by atoms with E-state index in [2.05, 4.69) is 41.1 Å². The van der Waals surface area contributed by atoms with Crippen molar-refractivity contribution in [1.29, 1.82) is 0 Å². The van der Waals surface area contributed by atoms with Crippen molar-refractivity contribution < 1.29 is 0 Å². The Morgan fingerprint density at radius 3 is 2.56 bits per heavy atom. The van der Waals surface area contributed by atoms with Gasteiger partial charge in [0.05, 0.1) is 17.6 Å². The molecule has 16 heavy (non-hydrogen) atoms. The van der Waals surface area contributed by atoms with Gasteiger partial charge in [0.1, 0.15) is 5.82 Å². The van der Waals surface area contributed by atoms with E-state index < -0.39 is 0 Å². The van der Waals surface area contributed by atoms with E-state index >= 15 is 0 Å². The van der Waals surface area contributed by atoms with Crippen molar-refractivity contribution in [1.82, 2.24) is 14.9 Å². The van der Waals surface area contributed by atoms with E-state index in [-0.39, 0.29) is 0 Å². The number of aromatic nitrogens is 2. The second-order valence-corrected chi connectivity index (χ2v) is 4.43. The second kappa shape index (κ2) is 5.80. The Balaban J connectivity index is 2.40. The van der Waals surface area contributed by atoms with Crippen LogP contribution in [0.15, 0.2) is 6.20 Å². The maximum atomic E-state index is 4.42. The van der Waals surface area contributed by atoms with Crippen molar-refractivity contribution in [2.75, 3.05) is 25.5 Å². The highest BCUT2D eigenvalue weighted by Gasteiger charge is 2.03. The molecular formula is C12H22N4. The second-order valence-electron chi connectivity index (χ2n) is 4.43. The largest absolute Gasteiger partial charge is 0.368 e. The molecule has 1 heterocycles. The lowest BCUT2D eigenvalue weighted by atomic mass is 10.3. The van der Waals surface area contributed by atoms with E-state index in [1.807, 2.05) is 13.8 Å². The average Bonchev–Trinajstić information content (AvgIpc) is 2.23. The minimum atomic E-state index is 0.577. The first-order valence-corrected chi connectivity index (χ1v) is 5.75. The summed E-state index contributed by atoms with van der Waals surface area (Å²) in [6.45, 7) is 10.2. The summed E-state index contributed by atoms with van der Waals surface area (Å²) >= 11 is 0. The number of rotatable bonds is 5. The van der Waals surface area contributed by atoms with Gasteiger partial charge in [0.15, 0.2) is 0 Å². The Bertz CT molecular complexity index is 336. The zero-order chi connectivity index (χ0) is 12.1. The fourth-order valence-corrected chi connectivity index (χ4v) is 1.25. The average molecular weight is 222 g/mol. The van der Waals surface area contributed by atoms with Gasteiger partial charge in [-0.1, -0.05) is 0 Å². The van der Waals surface area contributed by atoms with Gasteiger partial charge in [-0.25, -0.2) is 4.98 Å². The van der Waals surface area contributed by atoms with Gasteiger partial charge < -0.3 is 10.2 Å². The minimum Gasteiger partial charge on any atom is -0.368 e. The summed E-state index contributed by atoms with van der Waals surface area (Å²) in [7, 11) is 2.12. The number of anilines is 1. The molecule has 0 aliphatic heterocycles. The van der Waals surface area contributed by atoms with Gasteiger partial charge in [0, 0.05) is 19.1 Å². The summed E-state index contributed by atoms with van der Waals surface area (Å²) in [4.78, 5) is 11.0. The van der Waals surface area contributed by atoms with Gasteiger partial charge in [-0.2, -0.15) is 0 Å². The number of hydrogen-bond acceptors (Lipinski definition) is 4. The van der Waals surface area contributed by atoms with E-state index in [4.69, 9.17) is 0 Å². The molecule has 0 amide bonds. The molecule has 4 nitrogen and oxygen atoms in total. The van der Waals surface area contributed by atoms with Crippen LogP contribution in [0, 0.1) is 13.8 Å². The fraction of sp³-hybridized carbons (Fsp3) is 0.667. The van der Waals surface area contributed by atoms with Gasteiger partial charge in [0.2, 0.25) is 0 Å². The lowest BCUT2D eigenvalue weighted by molar-refractivity contribution is 0.284. The predicted octanol–water partition coefficient (Wildman–Crippen LogP) is 1.85. The van der Waals surface area contributed by atoms with Gasteiger partial charge in [-0.05, 0) is 34.7 Å². The molecular weight excluding hydrogens is 200 g/mol. The molecule has 0 aromatic carbocycles.